The van der Waals surface area contributed by atoms with Gasteiger partial charge in [0.15, 0.2) is 5.13 Å². The van der Waals surface area contributed by atoms with Crippen molar-refractivity contribution < 1.29 is 4.42 Å². The fourth-order valence-electron chi connectivity index (χ4n) is 2.30. The minimum atomic E-state index is 0.481. The molecule has 27 heavy (non-hydrogen) atoms. The summed E-state index contributed by atoms with van der Waals surface area (Å²) < 4.78 is 5.70. The van der Waals surface area contributed by atoms with Gasteiger partial charge in [-0.1, -0.05) is 41.1 Å². The lowest BCUT2D eigenvalue weighted by Crippen LogP contribution is -1.90. The summed E-state index contributed by atoms with van der Waals surface area (Å²) in [6.45, 7) is 2.07. The molecule has 0 aliphatic heterocycles. The minimum absolute atomic E-state index is 0.481. The summed E-state index contributed by atoms with van der Waals surface area (Å²) in [6.07, 6.45) is 0. The van der Waals surface area contributed by atoms with Crippen LogP contribution in [0.3, 0.4) is 0 Å². The Bertz CT molecular complexity index is 1030. The molecule has 4 rings (SSSR count). The van der Waals surface area contributed by atoms with E-state index in [0.29, 0.717) is 21.9 Å². The Kier molecular flexibility index (Phi) is 5.42. The molecule has 0 saturated carbocycles. The van der Waals surface area contributed by atoms with Gasteiger partial charge in [-0.3, -0.25) is 0 Å². The molecule has 2 aromatic heterocycles. The SMILES string of the molecule is Cc1ccc(Nc2nc(CSc3nnc(-c4ccc(Cl)cc4)o3)cs2)cc1. The van der Waals surface area contributed by atoms with E-state index in [1.165, 1.54) is 17.3 Å². The van der Waals surface area contributed by atoms with Crippen LogP contribution in [-0.4, -0.2) is 15.2 Å². The topological polar surface area (TPSA) is 63.8 Å². The number of anilines is 2. The fourth-order valence-corrected chi connectivity index (χ4v) is 3.92. The quantitative estimate of drug-likeness (QED) is 0.379. The third-order valence-corrected chi connectivity index (χ3v) is 5.61. The summed E-state index contributed by atoms with van der Waals surface area (Å²) in [5, 5.41) is 15.6. The van der Waals surface area contributed by atoms with E-state index < -0.39 is 0 Å². The van der Waals surface area contributed by atoms with Crippen LogP contribution in [0.25, 0.3) is 11.5 Å². The molecule has 0 saturated heterocycles. The van der Waals surface area contributed by atoms with Crippen molar-refractivity contribution in [1.82, 2.24) is 15.2 Å². The van der Waals surface area contributed by atoms with Gasteiger partial charge in [0.25, 0.3) is 5.22 Å². The number of nitrogens with zero attached hydrogens (tertiary/aromatic N) is 3. The monoisotopic (exact) mass is 414 g/mol. The molecule has 0 radical (unpaired) electrons. The van der Waals surface area contributed by atoms with Crippen molar-refractivity contribution in [3.8, 4) is 11.5 Å². The number of thiazole rings is 1. The van der Waals surface area contributed by atoms with Crippen molar-refractivity contribution in [3.63, 3.8) is 0 Å². The van der Waals surface area contributed by atoms with Gasteiger partial charge in [-0.25, -0.2) is 4.98 Å². The largest absolute Gasteiger partial charge is 0.411 e. The van der Waals surface area contributed by atoms with Crippen LogP contribution in [0.4, 0.5) is 10.8 Å². The summed E-state index contributed by atoms with van der Waals surface area (Å²) in [6, 6.07) is 15.5. The normalized spacial score (nSPS) is 10.9. The predicted octanol–water partition coefficient (Wildman–Crippen LogP) is 6.19. The zero-order valence-corrected chi connectivity index (χ0v) is 16.7. The Balaban J connectivity index is 1.36. The Hall–Kier alpha value is -2.35. The molecule has 0 fully saturated rings. The van der Waals surface area contributed by atoms with Crippen LogP contribution in [-0.2, 0) is 5.75 Å². The third kappa shape index (κ3) is 4.68. The highest BCUT2D eigenvalue weighted by Crippen LogP contribution is 2.28. The van der Waals surface area contributed by atoms with Crippen molar-refractivity contribution in [2.45, 2.75) is 17.9 Å². The van der Waals surface area contributed by atoms with E-state index in [1.807, 2.05) is 29.6 Å². The van der Waals surface area contributed by atoms with Gasteiger partial charge in [-0.2, -0.15) is 0 Å². The number of rotatable bonds is 6. The summed E-state index contributed by atoms with van der Waals surface area (Å²) in [4.78, 5) is 4.60. The number of aromatic nitrogens is 3. The molecule has 0 atom stereocenters. The first kappa shape index (κ1) is 18.0. The molecule has 4 aromatic rings. The molecule has 0 amide bonds. The van der Waals surface area contributed by atoms with Gasteiger partial charge >= 0.3 is 0 Å². The van der Waals surface area contributed by atoms with E-state index >= 15 is 0 Å². The Labute approximate surface area is 169 Å². The summed E-state index contributed by atoms with van der Waals surface area (Å²) in [5.41, 5.74) is 4.07. The maximum atomic E-state index is 5.90. The van der Waals surface area contributed by atoms with E-state index in [0.717, 1.165) is 22.1 Å². The minimum Gasteiger partial charge on any atom is -0.411 e. The molecule has 0 unspecified atom stereocenters. The number of aryl methyl sites for hydroxylation is 1. The van der Waals surface area contributed by atoms with Crippen LogP contribution >= 0.6 is 34.7 Å². The van der Waals surface area contributed by atoms with Crippen LogP contribution in [0.2, 0.25) is 5.02 Å². The Morgan fingerprint density at radius 3 is 2.63 bits per heavy atom. The molecule has 136 valence electrons. The van der Waals surface area contributed by atoms with Gasteiger partial charge in [0.05, 0.1) is 5.69 Å². The number of nitrogens with one attached hydrogen (secondary N) is 1. The van der Waals surface area contributed by atoms with Crippen LogP contribution in [0.5, 0.6) is 0 Å². The molecular weight excluding hydrogens is 400 g/mol. The van der Waals surface area contributed by atoms with Crippen LogP contribution in [0.15, 0.2) is 63.6 Å². The van der Waals surface area contributed by atoms with Crippen molar-refractivity contribution in [1.29, 1.82) is 0 Å². The molecular formula is C19H15ClN4OS2. The Morgan fingerprint density at radius 2 is 1.85 bits per heavy atom. The number of halogens is 1. The second kappa shape index (κ2) is 8.12. The van der Waals surface area contributed by atoms with E-state index in [2.05, 4.69) is 39.6 Å². The van der Waals surface area contributed by atoms with Crippen molar-refractivity contribution in [2.24, 2.45) is 0 Å². The second-order valence-corrected chi connectivity index (χ2v) is 8.02. The van der Waals surface area contributed by atoms with E-state index in [4.69, 9.17) is 16.0 Å². The standard InChI is InChI=1S/C19H15ClN4OS2/c1-12-2-8-15(9-3-12)21-18-22-16(10-26-18)11-27-19-24-23-17(25-19)13-4-6-14(20)7-5-13/h2-10H,11H2,1H3,(H,21,22). The molecule has 0 spiro atoms. The highest BCUT2D eigenvalue weighted by Gasteiger charge is 2.10. The third-order valence-electron chi connectivity index (χ3n) is 3.70. The maximum absolute atomic E-state index is 5.90. The van der Waals surface area contributed by atoms with Gasteiger partial charge in [0.2, 0.25) is 5.89 Å². The Morgan fingerprint density at radius 1 is 1.07 bits per heavy atom. The van der Waals surface area contributed by atoms with Gasteiger partial charge < -0.3 is 9.73 Å². The molecule has 0 bridgehead atoms. The maximum Gasteiger partial charge on any atom is 0.277 e. The van der Waals surface area contributed by atoms with Crippen molar-refractivity contribution >= 4 is 45.5 Å². The predicted molar refractivity (Wildman–Crippen MR) is 111 cm³/mol. The molecule has 2 heterocycles. The zero-order chi connectivity index (χ0) is 18.6. The number of benzene rings is 2. The smallest absolute Gasteiger partial charge is 0.277 e. The summed E-state index contributed by atoms with van der Waals surface area (Å²) >= 11 is 8.94. The van der Waals surface area contributed by atoms with E-state index in [-0.39, 0.29) is 0 Å². The van der Waals surface area contributed by atoms with E-state index in [1.54, 1.807) is 23.5 Å². The second-order valence-electron chi connectivity index (χ2n) is 5.80. The van der Waals surface area contributed by atoms with Gasteiger partial charge in [-0.05, 0) is 43.3 Å². The molecule has 0 aliphatic carbocycles. The molecule has 2 aromatic carbocycles. The highest BCUT2D eigenvalue weighted by molar-refractivity contribution is 7.98. The lowest BCUT2D eigenvalue weighted by Gasteiger charge is -2.02. The first-order chi connectivity index (χ1) is 13.2. The highest BCUT2D eigenvalue weighted by atomic mass is 35.5. The fraction of sp³-hybridized carbons (Fsp3) is 0.105. The summed E-state index contributed by atoms with van der Waals surface area (Å²) in [5.74, 6) is 1.14. The van der Waals surface area contributed by atoms with E-state index in [9.17, 15) is 0 Å². The van der Waals surface area contributed by atoms with Crippen molar-refractivity contribution in [3.05, 3.63) is 70.2 Å². The van der Waals surface area contributed by atoms with Crippen molar-refractivity contribution in [2.75, 3.05) is 5.32 Å². The molecule has 8 heteroatoms. The van der Waals surface area contributed by atoms with Crippen LogP contribution in [0.1, 0.15) is 11.3 Å². The molecule has 0 aliphatic rings. The average molecular weight is 415 g/mol. The first-order valence-electron chi connectivity index (χ1n) is 8.16. The molecule has 1 N–H and O–H groups in total. The number of hydrogen-bond donors (Lipinski definition) is 1. The molecule has 5 nitrogen and oxygen atoms in total. The van der Waals surface area contributed by atoms with Gasteiger partial charge in [0.1, 0.15) is 0 Å². The number of thioether (sulfide) groups is 1. The van der Waals surface area contributed by atoms with Gasteiger partial charge in [-0.15, -0.1) is 21.5 Å². The average Bonchev–Trinajstić information content (AvgIpc) is 3.32. The lowest BCUT2D eigenvalue weighted by molar-refractivity contribution is 0.466. The van der Waals surface area contributed by atoms with Gasteiger partial charge in [0, 0.05) is 27.4 Å². The first-order valence-corrected chi connectivity index (χ1v) is 10.4. The number of hydrogen-bond acceptors (Lipinski definition) is 7. The zero-order valence-electron chi connectivity index (χ0n) is 14.3. The summed E-state index contributed by atoms with van der Waals surface area (Å²) in [7, 11) is 0. The lowest BCUT2D eigenvalue weighted by atomic mass is 10.2. The van der Waals surface area contributed by atoms with Crippen LogP contribution < -0.4 is 5.32 Å². The van der Waals surface area contributed by atoms with Crippen LogP contribution in [0, 0.1) is 6.92 Å².